The van der Waals surface area contributed by atoms with Gasteiger partial charge in [-0.05, 0) is 77.9 Å². The van der Waals surface area contributed by atoms with Crippen molar-refractivity contribution in [3.63, 3.8) is 0 Å². The summed E-state index contributed by atoms with van der Waals surface area (Å²) in [6.07, 6.45) is 0. The molecule has 0 amide bonds. The minimum Gasteiger partial charge on any atom is -0.457 e. The van der Waals surface area contributed by atoms with Crippen LogP contribution in [0.1, 0.15) is 21.5 Å². The number of aryl methyl sites for hydroxylation is 1. The molecule has 3 nitrogen and oxygen atoms in total. The van der Waals surface area contributed by atoms with Crippen LogP contribution >= 0.6 is 0 Å². The molecule has 0 aliphatic heterocycles. The zero-order valence-electron chi connectivity index (χ0n) is 19.4. The lowest BCUT2D eigenvalue weighted by Gasteiger charge is -2.16. The van der Waals surface area contributed by atoms with Gasteiger partial charge in [0.2, 0.25) is 0 Å². The molecule has 0 aliphatic rings. The number of hydrogen-bond donors (Lipinski definition) is 0. The lowest BCUT2D eigenvalue weighted by Crippen LogP contribution is -2.09. The van der Waals surface area contributed by atoms with E-state index >= 15 is 0 Å². The molecule has 0 spiro atoms. The van der Waals surface area contributed by atoms with Gasteiger partial charge in [-0.25, -0.2) is 22.4 Å². The first-order valence-corrected chi connectivity index (χ1v) is 11.2. The second-order valence-electron chi connectivity index (χ2n) is 8.38. The normalized spacial score (nSPS) is 11.1. The number of fused-ring (bicyclic) bond motifs is 2. The zero-order valence-corrected chi connectivity index (χ0v) is 19.4. The van der Waals surface area contributed by atoms with E-state index < -0.39 is 29.2 Å². The first-order chi connectivity index (χ1) is 17.7. The Hall–Kier alpha value is -4.65. The molecular formula is C30H18F4O3. The Balaban J connectivity index is 1.57. The van der Waals surface area contributed by atoms with Crippen molar-refractivity contribution in [1.82, 2.24) is 0 Å². The maximum atomic E-state index is 13.7. The van der Waals surface area contributed by atoms with E-state index in [2.05, 4.69) is 6.58 Å². The van der Waals surface area contributed by atoms with E-state index in [4.69, 9.17) is 9.47 Å². The lowest BCUT2D eigenvalue weighted by atomic mass is 9.96. The largest absolute Gasteiger partial charge is 0.457 e. The van der Waals surface area contributed by atoms with Crippen molar-refractivity contribution in [2.45, 2.75) is 6.92 Å². The highest BCUT2D eigenvalue weighted by Gasteiger charge is 2.17. The van der Waals surface area contributed by atoms with Gasteiger partial charge in [0.15, 0.2) is 23.3 Å². The number of carbonyl (C=O) groups is 1. The highest BCUT2D eigenvalue weighted by Crippen LogP contribution is 2.38. The molecule has 0 aromatic heterocycles. The number of esters is 1. The third kappa shape index (κ3) is 4.51. The van der Waals surface area contributed by atoms with Gasteiger partial charge in [-0.3, -0.25) is 0 Å². The molecule has 37 heavy (non-hydrogen) atoms. The van der Waals surface area contributed by atoms with Gasteiger partial charge < -0.3 is 9.47 Å². The number of carbonyl (C=O) groups excluding carboxylic acids is 1. The Morgan fingerprint density at radius 1 is 0.622 bits per heavy atom. The fourth-order valence-electron chi connectivity index (χ4n) is 4.15. The van der Waals surface area contributed by atoms with Crippen molar-refractivity contribution in [2.75, 3.05) is 0 Å². The summed E-state index contributed by atoms with van der Waals surface area (Å²) in [5, 5.41) is 2.90. The van der Waals surface area contributed by atoms with Crippen molar-refractivity contribution < 1.29 is 31.8 Å². The van der Waals surface area contributed by atoms with E-state index in [1.54, 1.807) is 30.3 Å². The van der Waals surface area contributed by atoms with Crippen LogP contribution in [0.25, 0.3) is 27.3 Å². The molecule has 0 saturated carbocycles. The molecule has 7 heteroatoms. The Labute approximate surface area is 209 Å². The predicted molar refractivity (Wildman–Crippen MR) is 134 cm³/mol. The number of rotatable bonds is 5. The van der Waals surface area contributed by atoms with E-state index in [9.17, 15) is 22.4 Å². The standard InChI is InChI=1S/C30H18F4O3/c1-16-20-5-3-7-28(36-17(2)18-9-11-24(31)26(33)13-18)22(20)15-23-21(16)6-4-8-29(23)37-30(35)19-10-12-25(32)27(34)14-19/h3-15H,2H2,1H3. The first-order valence-electron chi connectivity index (χ1n) is 11.2. The topological polar surface area (TPSA) is 35.5 Å². The molecular weight excluding hydrogens is 484 g/mol. The average molecular weight is 502 g/mol. The van der Waals surface area contributed by atoms with Gasteiger partial charge in [0, 0.05) is 16.3 Å². The minimum atomic E-state index is -1.16. The summed E-state index contributed by atoms with van der Waals surface area (Å²) in [7, 11) is 0. The van der Waals surface area contributed by atoms with E-state index in [-0.39, 0.29) is 22.6 Å². The predicted octanol–water partition coefficient (Wildman–Crippen LogP) is 8.13. The van der Waals surface area contributed by atoms with E-state index in [1.807, 2.05) is 19.1 Å². The van der Waals surface area contributed by atoms with E-state index in [0.717, 1.165) is 46.7 Å². The van der Waals surface area contributed by atoms with Crippen LogP contribution in [0.2, 0.25) is 0 Å². The smallest absolute Gasteiger partial charge is 0.343 e. The van der Waals surface area contributed by atoms with Crippen molar-refractivity contribution >= 4 is 33.3 Å². The van der Waals surface area contributed by atoms with Crippen LogP contribution in [0.5, 0.6) is 11.5 Å². The molecule has 5 aromatic rings. The fourth-order valence-corrected chi connectivity index (χ4v) is 4.15. The highest BCUT2D eigenvalue weighted by atomic mass is 19.2. The van der Waals surface area contributed by atoms with Gasteiger partial charge in [-0.2, -0.15) is 0 Å². The van der Waals surface area contributed by atoms with E-state index in [1.165, 1.54) is 6.07 Å². The molecule has 0 aliphatic carbocycles. The van der Waals surface area contributed by atoms with Crippen LogP contribution in [0.15, 0.2) is 85.4 Å². The minimum absolute atomic E-state index is 0.113. The zero-order chi connectivity index (χ0) is 26.3. The third-order valence-corrected chi connectivity index (χ3v) is 6.06. The van der Waals surface area contributed by atoms with Gasteiger partial charge in [0.25, 0.3) is 0 Å². The molecule has 0 bridgehead atoms. The molecule has 5 rings (SSSR count). The van der Waals surface area contributed by atoms with Crippen LogP contribution in [-0.2, 0) is 0 Å². The third-order valence-electron chi connectivity index (χ3n) is 6.06. The van der Waals surface area contributed by atoms with Crippen molar-refractivity contribution in [3.05, 3.63) is 125 Å². The Kier molecular flexibility index (Phi) is 6.13. The summed E-state index contributed by atoms with van der Waals surface area (Å²) in [6, 6.07) is 18.5. The van der Waals surface area contributed by atoms with Gasteiger partial charge in [-0.1, -0.05) is 30.8 Å². The maximum absolute atomic E-state index is 13.7. The molecule has 0 radical (unpaired) electrons. The number of benzene rings is 5. The molecule has 0 unspecified atom stereocenters. The van der Waals surface area contributed by atoms with Crippen molar-refractivity contribution in [2.24, 2.45) is 0 Å². The van der Waals surface area contributed by atoms with Gasteiger partial charge in [-0.15, -0.1) is 0 Å². The van der Waals surface area contributed by atoms with Gasteiger partial charge in [0.05, 0.1) is 5.56 Å². The summed E-state index contributed by atoms with van der Waals surface area (Å²) in [4.78, 5) is 12.7. The van der Waals surface area contributed by atoms with Gasteiger partial charge >= 0.3 is 5.97 Å². The second-order valence-corrected chi connectivity index (χ2v) is 8.38. The lowest BCUT2D eigenvalue weighted by molar-refractivity contribution is 0.0736. The Morgan fingerprint density at radius 2 is 1.14 bits per heavy atom. The summed E-state index contributed by atoms with van der Waals surface area (Å²) >= 11 is 0. The van der Waals surface area contributed by atoms with Crippen LogP contribution in [0, 0.1) is 30.2 Å². The second kappa shape index (κ2) is 9.43. The monoisotopic (exact) mass is 502 g/mol. The number of hydrogen-bond acceptors (Lipinski definition) is 3. The Morgan fingerprint density at radius 3 is 1.70 bits per heavy atom. The fraction of sp³-hybridized carbons (Fsp3) is 0.0333. The van der Waals surface area contributed by atoms with Gasteiger partial charge in [0.1, 0.15) is 17.3 Å². The SMILES string of the molecule is C=C(Oc1cccc2c(C)c3cccc(OC(=O)c4ccc(F)c(F)c4)c3cc12)c1ccc(F)c(F)c1. The molecule has 0 saturated heterocycles. The molecule has 0 heterocycles. The van der Waals surface area contributed by atoms with Crippen LogP contribution in [0.3, 0.4) is 0 Å². The number of halogens is 4. The molecule has 0 atom stereocenters. The average Bonchev–Trinajstić information content (AvgIpc) is 2.88. The highest BCUT2D eigenvalue weighted by molar-refractivity contribution is 6.07. The molecule has 0 N–H and O–H groups in total. The quantitative estimate of drug-likeness (QED) is 0.0800. The van der Waals surface area contributed by atoms with Crippen LogP contribution < -0.4 is 9.47 Å². The van der Waals surface area contributed by atoms with Crippen molar-refractivity contribution in [3.8, 4) is 11.5 Å². The van der Waals surface area contributed by atoms with Crippen molar-refractivity contribution in [1.29, 1.82) is 0 Å². The van der Waals surface area contributed by atoms with Crippen LogP contribution in [0.4, 0.5) is 17.6 Å². The summed E-state index contributed by atoms with van der Waals surface area (Å²) < 4.78 is 65.5. The summed E-state index contributed by atoms with van der Waals surface area (Å²) in [6.45, 7) is 5.75. The summed E-state index contributed by atoms with van der Waals surface area (Å²) in [5.41, 5.74) is 1.01. The molecule has 0 fully saturated rings. The first kappa shape index (κ1) is 24.1. The summed E-state index contributed by atoms with van der Waals surface area (Å²) in [5.74, 6) is -4.34. The Bertz CT molecular complexity index is 1600. The molecule has 184 valence electrons. The van der Waals surface area contributed by atoms with E-state index in [0.29, 0.717) is 16.5 Å². The molecule has 5 aromatic carbocycles. The maximum Gasteiger partial charge on any atom is 0.343 e. The number of ether oxygens (including phenoxy) is 2. The van der Waals surface area contributed by atoms with Crippen LogP contribution in [-0.4, -0.2) is 5.97 Å².